The normalized spacial score (nSPS) is 28.0. The number of hydrogen-bond donors (Lipinski definition) is 2. The number of likely N-dealkylation sites (tertiary alicyclic amines) is 1. The van der Waals surface area contributed by atoms with E-state index in [2.05, 4.69) is 0 Å². The van der Waals surface area contributed by atoms with Crippen LogP contribution >= 0.6 is 0 Å². The molecule has 0 aromatic rings. The van der Waals surface area contributed by atoms with Gasteiger partial charge in [0.15, 0.2) is 0 Å². The summed E-state index contributed by atoms with van der Waals surface area (Å²) in [6.45, 7) is 2.70. The summed E-state index contributed by atoms with van der Waals surface area (Å²) in [6, 6.07) is 0. The van der Waals surface area contributed by atoms with Crippen molar-refractivity contribution in [2.45, 2.75) is 70.3 Å². The van der Waals surface area contributed by atoms with Crippen molar-refractivity contribution in [2.24, 2.45) is 5.41 Å². The lowest BCUT2D eigenvalue weighted by molar-refractivity contribution is -0.143. The molecule has 1 saturated heterocycles. The van der Waals surface area contributed by atoms with Crippen LogP contribution in [0.2, 0.25) is 0 Å². The minimum atomic E-state index is -0.810. The molecule has 0 radical (unpaired) electrons. The first-order valence-corrected chi connectivity index (χ1v) is 8.10. The number of hydrogen-bond acceptors (Lipinski definition) is 3. The molecule has 0 aromatic heterocycles. The first-order valence-electron chi connectivity index (χ1n) is 8.10. The molecule has 1 aliphatic heterocycles. The number of nitrogens with zero attached hydrogens (tertiary/aromatic N) is 1. The Morgan fingerprint density at radius 3 is 2.29 bits per heavy atom. The summed E-state index contributed by atoms with van der Waals surface area (Å²) in [5.74, 6) is -0.776. The minimum Gasteiger partial charge on any atom is -0.481 e. The van der Waals surface area contributed by atoms with E-state index in [0.29, 0.717) is 13.0 Å². The molecule has 5 nitrogen and oxygen atoms in total. The van der Waals surface area contributed by atoms with Crippen LogP contribution < -0.4 is 0 Å². The highest BCUT2D eigenvalue weighted by Crippen LogP contribution is 2.45. The van der Waals surface area contributed by atoms with Crippen LogP contribution in [0.4, 0.5) is 0 Å². The molecular formula is C16H27NO4. The highest BCUT2D eigenvalue weighted by atomic mass is 16.4. The van der Waals surface area contributed by atoms with Gasteiger partial charge in [-0.25, -0.2) is 0 Å². The quantitative estimate of drug-likeness (QED) is 0.787. The molecule has 1 aliphatic carbocycles. The average molecular weight is 297 g/mol. The Hall–Kier alpha value is -1.10. The van der Waals surface area contributed by atoms with Crippen LogP contribution in [0.5, 0.6) is 0 Å². The Kier molecular flexibility index (Phi) is 4.91. The first-order chi connectivity index (χ1) is 9.97. The Morgan fingerprint density at radius 2 is 1.76 bits per heavy atom. The maximum Gasteiger partial charge on any atom is 0.303 e. The number of rotatable bonds is 6. The standard InChI is InChI=1S/C16H27NO4/c1-2-16(12-18)8-5-9-17(16)13(19)10-15(11-14(20)21)6-3-4-7-15/h18H,2-12H2,1H3,(H,20,21). The minimum absolute atomic E-state index is 0.00116. The number of amides is 1. The van der Waals surface area contributed by atoms with Gasteiger partial charge in [-0.2, -0.15) is 0 Å². The lowest BCUT2D eigenvalue weighted by Crippen LogP contribution is -2.50. The van der Waals surface area contributed by atoms with Crippen molar-refractivity contribution in [3.05, 3.63) is 0 Å². The molecule has 0 aromatic carbocycles. The number of carbonyl (C=O) groups excluding carboxylic acids is 1. The zero-order valence-corrected chi connectivity index (χ0v) is 12.9. The first kappa shape index (κ1) is 16.3. The SMILES string of the molecule is CCC1(CO)CCCN1C(=O)CC1(CC(=O)O)CCCC1. The predicted octanol–water partition coefficient (Wildman–Crippen LogP) is 2.18. The summed E-state index contributed by atoms with van der Waals surface area (Å²) in [5, 5.41) is 18.9. The molecule has 1 amide bonds. The molecule has 2 rings (SSSR count). The molecule has 1 atom stereocenters. The molecule has 120 valence electrons. The summed E-state index contributed by atoms with van der Waals surface area (Å²) in [4.78, 5) is 25.7. The topological polar surface area (TPSA) is 77.8 Å². The maximum absolute atomic E-state index is 12.7. The molecule has 2 N–H and O–H groups in total. The van der Waals surface area contributed by atoms with Gasteiger partial charge in [0.1, 0.15) is 0 Å². The van der Waals surface area contributed by atoms with E-state index in [9.17, 15) is 14.7 Å². The van der Waals surface area contributed by atoms with Crippen LogP contribution in [0.15, 0.2) is 0 Å². The summed E-state index contributed by atoms with van der Waals surface area (Å²) in [5.41, 5.74) is -0.777. The van der Waals surface area contributed by atoms with Crippen molar-refractivity contribution in [3.8, 4) is 0 Å². The van der Waals surface area contributed by atoms with E-state index in [1.165, 1.54) is 0 Å². The fraction of sp³-hybridized carbons (Fsp3) is 0.875. The smallest absolute Gasteiger partial charge is 0.303 e. The lowest BCUT2D eigenvalue weighted by atomic mass is 9.78. The van der Waals surface area contributed by atoms with E-state index in [-0.39, 0.29) is 24.3 Å². The molecule has 0 spiro atoms. The van der Waals surface area contributed by atoms with E-state index in [1.807, 2.05) is 11.8 Å². The van der Waals surface area contributed by atoms with E-state index >= 15 is 0 Å². The van der Waals surface area contributed by atoms with Gasteiger partial charge in [-0.1, -0.05) is 19.8 Å². The van der Waals surface area contributed by atoms with Gasteiger partial charge in [0.25, 0.3) is 0 Å². The third-order valence-corrected chi connectivity index (χ3v) is 5.57. The van der Waals surface area contributed by atoms with Crippen LogP contribution in [0.1, 0.15) is 64.7 Å². The van der Waals surface area contributed by atoms with E-state index < -0.39 is 11.5 Å². The zero-order chi connectivity index (χ0) is 15.5. The van der Waals surface area contributed by atoms with Gasteiger partial charge < -0.3 is 15.1 Å². The summed E-state index contributed by atoms with van der Waals surface area (Å²) >= 11 is 0. The van der Waals surface area contributed by atoms with Crippen molar-refractivity contribution >= 4 is 11.9 Å². The lowest BCUT2D eigenvalue weighted by Gasteiger charge is -2.38. The van der Waals surface area contributed by atoms with E-state index in [4.69, 9.17) is 5.11 Å². The van der Waals surface area contributed by atoms with Crippen molar-refractivity contribution in [2.75, 3.05) is 13.2 Å². The number of aliphatic hydroxyl groups is 1. The van der Waals surface area contributed by atoms with Crippen molar-refractivity contribution < 1.29 is 19.8 Å². The Balaban J connectivity index is 2.10. The zero-order valence-electron chi connectivity index (χ0n) is 12.9. The van der Waals surface area contributed by atoms with Crippen molar-refractivity contribution in [1.29, 1.82) is 0 Å². The van der Waals surface area contributed by atoms with Crippen molar-refractivity contribution in [1.82, 2.24) is 4.90 Å². The van der Waals surface area contributed by atoms with Gasteiger partial charge >= 0.3 is 5.97 Å². The Morgan fingerprint density at radius 1 is 1.10 bits per heavy atom. The summed E-state index contributed by atoms with van der Waals surface area (Å²) in [7, 11) is 0. The van der Waals surface area contributed by atoms with Gasteiger partial charge in [-0.3, -0.25) is 9.59 Å². The maximum atomic E-state index is 12.7. The average Bonchev–Trinajstić information content (AvgIpc) is 3.05. The summed E-state index contributed by atoms with van der Waals surface area (Å²) in [6.07, 6.45) is 6.62. The van der Waals surface area contributed by atoms with E-state index in [1.54, 1.807) is 0 Å². The summed E-state index contributed by atoms with van der Waals surface area (Å²) < 4.78 is 0. The number of carbonyl (C=O) groups is 2. The van der Waals surface area contributed by atoms with Gasteiger partial charge in [0, 0.05) is 13.0 Å². The van der Waals surface area contributed by atoms with Crippen LogP contribution in [-0.2, 0) is 9.59 Å². The van der Waals surface area contributed by atoms with Gasteiger partial charge in [-0.15, -0.1) is 0 Å². The van der Waals surface area contributed by atoms with E-state index in [0.717, 1.165) is 44.9 Å². The Bertz CT molecular complexity index is 397. The molecular weight excluding hydrogens is 270 g/mol. The van der Waals surface area contributed by atoms with Crippen LogP contribution in [-0.4, -0.2) is 45.7 Å². The molecule has 5 heteroatoms. The molecule has 2 aliphatic rings. The largest absolute Gasteiger partial charge is 0.481 e. The fourth-order valence-electron chi connectivity index (χ4n) is 4.25. The van der Waals surface area contributed by atoms with Crippen LogP contribution in [0, 0.1) is 5.41 Å². The molecule has 0 bridgehead atoms. The molecule has 21 heavy (non-hydrogen) atoms. The molecule has 1 saturated carbocycles. The third-order valence-electron chi connectivity index (χ3n) is 5.57. The van der Waals surface area contributed by atoms with Crippen molar-refractivity contribution in [3.63, 3.8) is 0 Å². The second-order valence-electron chi connectivity index (χ2n) is 6.84. The Labute approximate surface area is 126 Å². The fourth-order valence-corrected chi connectivity index (χ4v) is 4.25. The molecule has 2 fully saturated rings. The third kappa shape index (κ3) is 3.23. The predicted molar refractivity (Wildman–Crippen MR) is 78.8 cm³/mol. The highest BCUT2D eigenvalue weighted by Gasteiger charge is 2.45. The highest BCUT2D eigenvalue weighted by molar-refractivity contribution is 5.79. The number of carboxylic acid groups (broad SMARTS) is 1. The molecule has 1 unspecified atom stereocenters. The second-order valence-corrected chi connectivity index (χ2v) is 6.84. The van der Waals surface area contributed by atoms with Gasteiger partial charge in [0.2, 0.25) is 5.91 Å². The van der Waals surface area contributed by atoms with Crippen LogP contribution in [0.3, 0.4) is 0 Å². The second kappa shape index (κ2) is 6.34. The van der Waals surface area contributed by atoms with Gasteiger partial charge in [-0.05, 0) is 37.5 Å². The van der Waals surface area contributed by atoms with Crippen LogP contribution in [0.25, 0.3) is 0 Å². The van der Waals surface area contributed by atoms with Gasteiger partial charge in [0.05, 0.1) is 18.6 Å². The number of carboxylic acids is 1. The monoisotopic (exact) mass is 297 g/mol. The molecule has 1 heterocycles. The number of aliphatic hydroxyl groups excluding tert-OH is 1. The number of aliphatic carboxylic acids is 1.